The van der Waals surface area contributed by atoms with Crippen LogP contribution in [0.1, 0.15) is 51.2 Å². The molecule has 180 valence electrons. The second-order valence-corrected chi connectivity index (χ2v) is 8.72. The number of aryl methyl sites for hydroxylation is 2. The molecular formula is C27H25N7O2. The van der Waals surface area contributed by atoms with Crippen molar-refractivity contribution in [2.45, 2.75) is 32.2 Å². The molecule has 2 amide bonds. The van der Waals surface area contributed by atoms with Crippen LogP contribution in [0.25, 0.3) is 11.2 Å². The van der Waals surface area contributed by atoms with Crippen LogP contribution in [0.4, 0.5) is 5.95 Å². The van der Waals surface area contributed by atoms with Crippen molar-refractivity contribution in [1.82, 2.24) is 24.4 Å². The van der Waals surface area contributed by atoms with Gasteiger partial charge in [0.1, 0.15) is 5.52 Å². The Hall–Kier alpha value is -4.58. The SMILES string of the molecule is N#Cc1cccc(C(=O)Nc2nc3cc(C(=O)N4CCCCC4)cnc3n2CCc2ccccn2)c1. The Kier molecular flexibility index (Phi) is 6.67. The molecule has 5 rings (SSSR count). The maximum Gasteiger partial charge on any atom is 0.258 e. The lowest BCUT2D eigenvalue weighted by molar-refractivity contribution is 0.0724. The van der Waals surface area contributed by atoms with Crippen LogP contribution in [0.15, 0.2) is 60.9 Å². The largest absolute Gasteiger partial charge is 0.339 e. The number of hydrogen-bond acceptors (Lipinski definition) is 6. The highest BCUT2D eigenvalue weighted by Crippen LogP contribution is 2.22. The molecule has 0 atom stereocenters. The first-order valence-corrected chi connectivity index (χ1v) is 12.0. The maximum atomic E-state index is 13.0. The van der Waals surface area contributed by atoms with Crippen LogP contribution < -0.4 is 5.32 Å². The second-order valence-electron chi connectivity index (χ2n) is 8.72. The zero-order valence-electron chi connectivity index (χ0n) is 19.7. The summed E-state index contributed by atoms with van der Waals surface area (Å²) in [5.41, 5.74) is 3.23. The summed E-state index contributed by atoms with van der Waals surface area (Å²) in [7, 11) is 0. The van der Waals surface area contributed by atoms with Crippen LogP contribution >= 0.6 is 0 Å². The topological polar surface area (TPSA) is 117 Å². The molecule has 1 aromatic carbocycles. The molecule has 3 aromatic heterocycles. The number of nitrogens with one attached hydrogen (secondary N) is 1. The highest BCUT2D eigenvalue weighted by molar-refractivity contribution is 6.04. The van der Waals surface area contributed by atoms with Gasteiger partial charge in [-0.1, -0.05) is 12.1 Å². The summed E-state index contributed by atoms with van der Waals surface area (Å²) in [6.07, 6.45) is 7.08. The van der Waals surface area contributed by atoms with E-state index in [1.54, 1.807) is 36.7 Å². The van der Waals surface area contributed by atoms with E-state index in [0.29, 0.717) is 46.8 Å². The molecule has 0 unspecified atom stereocenters. The standard InChI is InChI=1S/C27H25N7O2/c28-17-19-7-6-8-20(15-19)25(35)32-27-31-23-16-21(26(36)33-12-4-1-5-13-33)18-30-24(23)34(27)14-10-22-9-2-3-11-29-22/h2-3,6-9,11,15-16,18H,1,4-5,10,12-14H2,(H,31,32,35). The van der Waals surface area contributed by atoms with Crippen molar-refractivity contribution in [2.75, 3.05) is 18.4 Å². The van der Waals surface area contributed by atoms with E-state index < -0.39 is 0 Å². The Bertz CT molecular complexity index is 1450. The average molecular weight is 480 g/mol. The van der Waals surface area contributed by atoms with Crippen LogP contribution in [-0.2, 0) is 13.0 Å². The van der Waals surface area contributed by atoms with Gasteiger partial charge >= 0.3 is 0 Å². The summed E-state index contributed by atoms with van der Waals surface area (Å²) in [5, 5.41) is 12.0. The number of hydrogen-bond donors (Lipinski definition) is 1. The van der Waals surface area contributed by atoms with E-state index >= 15 is 0 Å². The van der Waals surface area contributed by atoms with E-state index in [2.05, 4.69) is 20.3 Å². The van der Waals surface area contributed by atoms with Crippen molar-refractivity contribution in [1.29, 1.82) is 5.26 Å². The van der Waals surface area contributed by atoms with Crippen LogP contribution in [0.2, 0.25) is 0 Å². The summed E-state index contributed by atoms with van der Waals surface area (Å²) < 4.78 is 1.82. The molecule has 9 nitrogen and oxygen atoms in total. The van der Waals surface area contributed by atoms with Gasteiger partial charge in [-0.3, -0.25) is 24.5 Å². The van der Waals surface area contributed by atoms with Gasteiger partial charge in [-0.05, 0) is 55.7 Å². The first-order valence-electron chi connectivity index (χ1n) is 12.0. The van der Waals surface area contributed by atoms with Gasteiger partial charge in [-0.15, -0.1) is 0 Å². The van der Waals surface area contributed by atoms with Crippen molar-refractivity contribution < 1.29 is 9.59 Å². The third-order valence-electron chi connectivity index (χ3n) is 6.27. The first-order chi connectivity index (χ1) is 17.6. The van der Waals surface area contributed by atoms with Gasteiger partial charge in [0.05, 0.1) is 17.2 Å². The fourth-order valence-electron chi connectivity index (χ4n) is 4.39. The normalized spacial score (nSPS) is 13.4. The van der Waals surface area contributed by atoms with Crippen LogP contribution in [0.3, 0.4) is 0 Å². The molecular weight excluding hydrogens is 454 g/mol. The fourth-order valence-corrected chi connectivity index (χ4v) is 4.39. The molecule has 0 spiro atoms. The smallest absolute Gasteiger partial charge is 0.258 e. The summed E-state index contributed by atoms with van der Waals surface area (Å²) in [6.45, 7) is 1.98. The van der Waals surface area contributed by atoms with Gasteiger partial charge in [0.25, 0.3) is 11.8 Å². The quantitative estimate of drug-likeness (QED) is 0.449. The van der Waals surface area contributed by atoms with E-state index in [-0.39, 0.29) is 11.8 Å². The number of carbonyl (C=O) groups excluding carboxylic acids is 2. The molecule has 4 aromatic rings. The number of fused-ring (bicyclic) bond motifs is 1. The number of rotatable bonds is 6. The Morgan fingerprint density at radius 3 is 2.64 bits per heavy atom. The van der Waals surface area contributed by atoms with Crippen LogP contribution in [-0.4, -0.2) is 49.3 Å². The van der Waals surface area contributed by atoms with Gasteiger partial charge in [0, 0.05) is 49.7 Å². The molecule has 0 aliphatic carbocycles. The summed E-state index contributed by atoms with van der Waals surface area (Å²) in [4.78, 5) is 41.5. The second kappa shape index (κ2) is 10.4. The zero-order chi connectivity index (χ0) is 24.9. The third kappa shape index (κ3) is 4.93. The molecule has 9 heteroatoms. The molecule has 1 saturated heterocycles. The van der Waals surface area contributed by atoms with E-state index in [4.69, 9.17) is 0 Å². The highest BCUT2D eigenvalue weighted by atomic mass is 16.2. The number of benzene rings is 1. The number of aromatic nitrogens is 4. The van der Waals surface area contributed by atoms with Gasteiger partial charge in [-0.2, -0.15) is 5.26 Å². The number of amides is 2. The molecule has 0 radical (unpaired) electrons. The van der Waals surface area contributed by atoms with Crippen molar-refractivity contribution in [3.63, 3.8) is 0 Å². The predicted molar refractivity (Wildman–Crippen MR) is 134 cm³/mol. The highest BCUT2D eigenvalue weighted by Gasteiger charge is 2.21. The number of pyridine rings is 2. The molecule has 36 heavy (non-hydrogen) atoms. The fraction of sp³-hybridized carbons (Fsp3) is 0.259. The molecule has 1 aliphatic rings. The van der Waals surface area contributed by atoms with Gasteiger partial charge in [0.2, 0.25) is 5.95 Å². The predicted octanol–water partition coefficient (Wildman–Crippen LogP) is 3.82. The zero-order valence-corrected chi connectivity index (χ0v) is 19.7. The molecule has 4 heterocycles. The molecule has 1 fully saturated rings. The van der Waals surface area contributed by atoms with Gasteiger partial charge < -0.3 is 4.90 Å². The van der Waals surface area contributed by atoms with E-state index in [1.165, 1.54) is 6.07 Å². The average Bonchev–Trinajstić information content (AvgIpc) is 3.28. The third-order valence-corrected chi connectivity index (χ3v) is 6.27. The number of anilines is 1. The van der Waals surface area contributed by atoms with Crippen molar-refractivity contribution in [3.8, 4) is 6.07 Å². The summed E-state index contributed by atoms with van der Waals surface area (Å²) in [6, 6.07) is 16.0. The minimum Gasteiger partial charge on any atom is -0.339 e. The van der Waals surface area contributed by atoms with E-state index in [1.807, 2.05) is 33.7 Å². The number of nitriles is 1. The Balaban J connectivity index is 1.47. The van der Waals surface area contributed by atoms with E-state index in [9.17, 15) is 14.9 Å². The summed E-state index contributed by atoms with van der Waals surface area (Å²) >= 11 is 0. The Morgan fingerprint density at radius 1 is 1.00 bits per heavy atom. The summed E-state index contributed by atoms with van der Waals surface area (Å²) in [5.74, 6) is -0.111. The lowest BCUT2D eigenvalue weighted by Gasteiger charge is -2.26. The van der Waals surface area contributed by atoms with Gasteiger partial charge in [-0.25, -0.2) is 9.97 Å². The Morgan fingerprint density at radius 2 is 1.86 bits per heavy atom. The lowest BCUT2D eigenvalue weighted by Crippen LogP contribution is -2.35. The molecule has 0 saturated carbocycles. The lowest BCUT2D eigenvalue weighted by atomic mass is 10.1. The minimum atomic E-state index is -0.383. The van der Waals surface area contributed by atoms with Crippen molar-refractivity contribution in [3.05, 3.63) is 83.3 Å². The monoisotopic (exact) mass is 479 g/mol. The molecule has 1 N–H and O–H groups in total. The van der Waals surface area contributed by atoms with E-state index in [0.717, 1.165) is 38.0 Å². The van der Waals surface area contributed by atoms with Crippen molar-refractivity contribution in [2.24, 2.45) is 0 Å². The number of likely N-dealkylation sites (tertiary alicyclic amines) is 1. The number of piperidine rings is 1. The molecule has 0 bridgehead atoms. The Labute approximate surface area is 208 Å². The minimum absolute atomic E-state index is 0.0500. The number of nitrogens with zero attached hydrogens (tertiary/aromatic N) is 6. The number of carbonyl (C=O) groups is 2. The number of imidazole rings is 1. The van der Waals surface area contributed by atoms with Gasteiger partial charge in [0.15, 0.2) is 5.65 Å². The van der Waals surface area contributed by atoms with Crippen LogP contribution in [0.5, 0.6) is 0 Å². The maximum absolute atomic E-state index is 13.0. The van der Waals surface area contributed by atoms with Crippen LogP contribution in [0, 0.1) is 11.3 Å². The molecule has 1 aliphatic heterocycles. The first kappa shape index (κ1) is 23.2. The van der Waals surface area contributed by atoms with Crippen molar-refractivity contribution >= 4 is 28.9 Å².